The van der Waals surface area contributed by atoms with Crippen molar-refractivity contribution in [2.75, 3.05) is 0 Å². The quantitative estimate of drug-likeness (QED) is 0.771. The Morgan fingerprint density at radius 1 is 1.53 bits per heavy atom. The van der Waals surface area contributed by atoms with Crippen LogP contribution in [-0.4, -0.2) is 32.8 Å². The molecule has 0 spiro atoms. The van der Waals surface area contributed by atoms with Crippen LogP contribution in [0.2, 0.25) is 0 Å². The number of hydrogen-bond acceptors (Lipinski definition) is 3. The highest BCUT2D eigenvalue weighted by Gasteiger charge is 2.24. The van der Waals surface area contributed by atoms with E-state index in [2.05, 4.69) is 10.4 Å². The minimum absolute atomic E-state index is 0.0835. The van der Waals surface area contributed by atoms with Crippen molar-refractivity contribution in [3.05, 3.63) is 18.0 Å². The van der Waals surface area contributed by atoms with Gasteiger partial charge in [0.15, 0.2) is 0 Å². The van der Waals surface area contributed by atoms with Gasteiger partial charge in [0.1, 0.15) is 6.04 Å². The molecule has 1 rings (SSSR count). The molecule has 0 aliphatic carbocycles. The van der Waals surface area contributed by atoms with Crippen molar-refractivity contribution in [1.82, 2.24) is 15.1 Å². The van der Waals surface area contributed by atoms with E-state index in [4.69, 9.17) is 5.11 Å². The fourth-order valence-electron chi connectivity index (χ4n) is 1.79. The van der Waals surface area contributed by atoms with Crippen molar-refractivity contribution in [3.8, 4) is 0 Å². The zero-order valence-corrected chi connectivity index (χ0v) is 11.6. The van der Waals surface area contributed by atoms with E-state index in [0.29, 0.717) is 12.8 Å². The van der Waals surface area contributed by atoms with E-state index in [-0.39, 0.29) is 18.2 Å². The van der Waals surface area contributed by atoms with Crippen LogP contribution in [0.15, 0.2) is 12.4 Å². The molecular weight excluding hydrogens is 246 g/mol. The summed E-state index contributed by atoms with van der Waals surface area (Å²) >= 11 is 0. The first kappa shape index (κ1) is 15.2. The topological polar surface area (TPSA) is 84.2 Å². The summed E-state index contributed by atoms with van der Waals surface area (Å²) in [5.41, 5.74) is 0.966. The highest BCUT2D eigenvalue weighted by Crippen LogP contribution is 2.09. The molecule has 1 heterocycles. The van der Waals surface area contributed by atoms with Gasteiger partial charge in [0.25, 0.3) is 0 Å². The molecule has 0 aliphatic heterocycles. The third-order valence-corrected chi connectivity index (χ3v) is 3.19. The van der Waals surface area contributed by atoms with Gasteiger partial charge in [0.2, 0.25) is 5.91 Å². The SMILES string of the molecule is CC[C@H](C)[C@H](NC(=O)CCc1cnn(C)c1)C(=O)O. The lowest BCUT2D eigenvalue weighted by atomic mass is 9.99. The van der Waals surface area contributed by atoms with Gasteiger partial charge in [-0.25, -0.2) is 4.79 Å². The van der Waals surface area contributed by atoms with Crippen LogP contribution in [0.5, 0.6) is 0 Å². The zero-order chi connectivity index (χ0) is 14.4. The van der Waals surface area contributed by atoms with Gasteiger partial charge in [-0.3, -0.25) is 9.48 Å². The number of amides is 1. The van der Waals surface area contributed by atoms with Crippen LogP contribution in [0.3, 0.4) is 0 Å². The fraction of sp³-hybridized carbons (Fsp3) is 0.615. The van der Waals surface area contributed by atoms with Crippen LogP contribution in [0.1, 0.15) is 32.3 Å². The molecule has 0 aliphatic rings. The maximum Gasteiger partial charge on any atom is 0.326 e. The lowest BCUT2D eigenvalue weighted by Gasteiger charge is -2.19. The predicted molar refractivity (Wildman–Crippen MR) is 70.6 cm³/mol. The van der Waals surface area contributed by atoms with Gasteiger partial charge < -0.3 is 10.4 Å². The lowest BCUT2D eigenvalue weighted by molar-refractivity contribution is -0.143. The molecule has 106 valence electrons. The average molecular weight is 267 g/mol. The largest absolute Gasteiger partial charge is 0.480 e. The molecule has 0 bridgehead atoms. The average Bonchev–Trinajstić information content (AvgIpc) is 2.78. The summed E-state index contributed by atoms with van der Waals surface area (Å²) in [6.45, 7) is 3.72. The van der Waals surface area contributed by atoms with E-state index in [9.17, 15) is 9.59 Å². The minimum atomic E-state index is -0.982. The van der Waals surface area contributed by atoms with Crippen molar-refractivity contribution in [2.45, 2.75) is 39.2 Å². The number of rotatable bonds is 7. The Morgan fingerprint density at radius 3 is 2.68 bits per heavy atom. The van der Waals surface area contributed by atoms with Crippen LogP contribution in [-0.2, 0) is 23.1 Å². The van der Waals surface area contributed by atoms with Crippen LogP contribution >= 0.6 is 0 Å². The van der Waals surface area contributed by atoms with Gasteiger partial charge in [-0.15, -0.1) is 0 Å². The maximum atomic E-state index is 11.8. The summed E-state index contributed by atoms with van der Waals surface area (Å²) in [5.74, 6) is -1.31. The Balaban J connectivity index is 2.46. The van der Waals surface area contributed by atoms with Crippen LogP contribution < -0.4 is 5.32 Å². The molecule has 6 nitrogen and oxygen atoms in total. The Kier molecular flexibility index (Phi) is 5.54. The molecule has 0 unspecified atom stereocenters. The maximum absolute atomic E-state index is 11.8. The van der Waals surface area contributed by atoms with E-state index < -0.39 is 12.0 Å². The van der Waals surface area contributed by atoms with Gasteiger partial charge in [0.05, 0.1) is 6.20 Å². The van der Waals surface area contributed by atoms with E-state index in [1.165, 1.54) is 0 Å². The first-order valence-electron chi connectivity index (χ1n) is 6.43. The number of nitrogens with zero attached hydrogens (tertiary/aromatic N) is 2. The molecule has 0 saturated heterocycles. The molecule has 1 aromatic rings. The number of carbonyl (C=O) groups excluding carboxylic acids is 1. The summed E-state index contributed by atoms with van der Waals surface area (Å²) < 4.78 is 1.67. The third kappa shape index (κ3) is 4.73. The Morgan fingerprint density at radius 2 is 2.21 bits per heavy atom. The van der Waals surface area contributed by atoms with Gasteiger partial charge in [-0.2, -0.15) is 5.10 Å². The van der Waals surface area contributed by atoms with Gasteiger partial charge >= 0.3 is 5.97 Å². The Labute approximate surface area is 112 Å². The van der Waals surface area contributed by atoms with Gasteiger partial charge in [-0.1, -0.05) is 20.3 Å². The van der Waals surface area contributed by atoms with Gasteiger partial charge in [-0.05, 0) is 17.9 Å². The third-order valence-electron chi connectivity index (χ3n) is 3.19. The van der Waals surface area contributed by atoms with E-state index in [1.54, 1.807) is 10.9 Å². The second kappa shape index (κ2) is 6.92. The Bertz CT molecular complexity index is 442. The van der Waals surface area contributed by atoms with Crippen molar-refractivity contribution >= 4 is 11.9 Å². The monoisotopic (exact) mass is 267 g/mol. The number of aryl methyl sites for hydroxylation is 2. The smallest absolute Gasteiger partial charge is 0.326 e. The number of carbonyl (C=O) groups is 2. The molecule has 1 amide bonds. The van der Waals surface area contributed by atoms with Gasteiger partial charge in [0, 0.05) is 19.7 Å². The summed E-state index contributed by atoms with van der Waals surface area (Å²) in [6.07, 6.45) is 5.09. The molecule has 19 heavy (non-hydrogen) atoms. The fourth-order valence-corrected chi connectivity index (χ4v) is 1.79. The molecule has 0 aromatic carbocycles. The zero-order valence-electron chi connectivity index (χ0n) is 11.6. The summed E-state index contributed by atoms with van der Waals surface area (Å²) in [6, 6.07) is -0.814. The summed E-state index contributed by atoms with van der Waals surface area (Å²) in [7, 11) is 1.81. The standard InChI is InChI=1S/C13H21N3O3/c1-4-9(2)12(13(18)19)15-11(17)6-5-10-7-14-16(3)8-10/h7-9,12H,4-6H2,1-3H3,(H,15,17)(H,18,19)/t9-,12-/m0/s1. The van der Waals surface area contributed by atoms with E-state index in [0.717, 1.165) is 5.56 Å². The second-order valence-corrected chi connectivity index (χ2v) is 4.79. The summed E-state index contributed by atoms with van der Waals surface area (Å²) in [5, 5.41) is 15.7. The molecular formula is C13H21N3O3. The predicted octanol–water partition coefficient (Wildman–Crippen LogP) is 0.968. The van der Waals surface area contributed by atoms with Crippen molar-refractivity contribution in [1.29, 1.82) is 0 Å². The van der Waals surface area contributed by atoms with Crippen molar-refractivity contribution in [3.63, 3.8) is 0 Å². The molecule has 0 saturated carbocycles. The number of aliphatic carboxylic acids is 1. The molecule has 1 aromatic heterocycles. The minimum Gasteiger partial charge on any atom is -0.480 e. The first-order valence-corrected chi connectivity index (χ1v) is 6.43. The van der Waals surface area contributed by atoms with Crippen molar-refractivity contribution in [2.24, 2.45) is 13.0 Å². The number of carboxylic acid groups (broad SMARTS) is 1. The highest BCUT2D eigenvalue weighted by molar-refractivity contribution is 5.83. The van der Waals surface area contributed by atoms with Crippen LogP contribution in [0.25, 0.3) is 0 Å². The second-order valence-electron chi connectivity index (χ2n) is 4.79. The number of carboxylic acids is 1. The van der Waals surface area contributed by atoms with E-state index in [1.807, 2.05) is 27.1 Å². The molecule has 2 atom stereocenters. The van der Waals surface area contributed by atoms with Crippen LogP contribution in [0, 0.1) is 5.92 Å². The molecule has 0 radical (unpaired) electrons. The molecule has 0 fully saturated rings. The summed E-state index contributed by atoms with van der Waals surface area (Å²) in [4.78, 5) is 22.8. The molecule has 6 heteroatoms. The van der Waals surface area contributed by atoms with E-state index >= 15 is 0 Å². The lowest BCUT2D eigenvalue weighted by Crippen LogP contribution is -2.45. The highest BCUT2D eigenvalue weighted by atomic mass is 16.4. The van der Waals surface area contributed by atoms with Crippen molar-refractivity contribution < 1.29 is 14.7 Å². The normalized spacial score (nSPS) is 13.8. The van der Waals surface area contributed by atoms with Crippen LogP contribution in [0.4, 0.5) is 0 Å². The molecule has 2 N–H and O–H groups in total. The number of nitrogens with one attached hydrogen (secondary N) is 1. The number of aromatic nitrogens is 2. The first-order chi connectivity index (χ1) is 8.93. The Hall–Kier alpha value is -1.85. The number of hydrogen-bond donors (Lipinski definition) is 2.